The molecule has 1 rings (SSSR count). The minimum Gasteiger partial charge on any atom is -0.398 e. The van der Waals surface area contributed by atoms with E-state index in [0.717, 1.165) is 11.3 Å². The highest BCUT2D eigenvalue weighted by Gasteiger charge is 2.41. The van der Waals surface area contributed by atoms with Crippen molar-refractivity contribution in [1.29, 1.82) is 0 Å². The zero-order chi connectivity index (χ0) is 19.5. The first kappa shape index (κ1) is 21.8. The molecule has 0 bridgehead atoms. The summed E-state index contributed by atoms with van der Waals surface area (Å²) < 4.78 is 0. The Morgan fingerprint density at radius 2 is 1.08 bits per heavy atom. The first-order valence-electron chi connectivity index (χ1n) is 9.91. The molecule has 2 heteroatoms. The molecule has 0 fully saturated rings. The van der Waals surface area contributed by atoms with Crippen LogP contribution in [0.5, 0.6) is 0 Å². The quantitative estimate of drug-likeness (QED) is 0.340. The van der Waals surface area contributed by atoms with Crippen molar-refractivity contribution >= 4 is 13.8 Å². The highest BCUT2D eigenvalue weighted by atomic mass is 28.3. The van der Waals surface area contributed by atoms with Gasteiger partial charge in [0.2, 0.25) is 0 Å². The van der Waals surface area contributed by atoms with Crippen molar-refractivity contribution in [3.63, 3.8) is 0 Å². The summed E-state index contributed by atoms with van der Waals surface area (Å²) in [4.78, 5) is 0. The van der Waals surface area contributed by atoms with E-state index in [1.165, 1.54) is 11.1 Å². The summed E-state index contributed by atoms with van der Waals surface area (Å²) >= 11 is 0. The molecular weight excluding hydrogens is 318 g/mol. The number of hydrogen-bond donors (Lipinski definition) is 1. The van der Waals surface area contributed by atoms with Crippen molar-refractivity contribution in [3.8, 4) is 11.5 Å². The van der Waals surface area contributed by atoms with Gasteiger partial charge in [0.15, 0.2) is 0 Å². The Bertz CT molecular complexity index is 591. The molecule has 1 nitrogen and oxygen atoms in total. The lowest BCUT2D eigenvalue weighted by Crippen LogP contribution is -2.43. The van der Waals surface area contributed by atoms with E-state index in [4.69, 9.17) is 5.73 Å². The molecule has 0 aliphatic heterocycles. The van der Waals surface area contributed by atoms with Crippen LogP contribution in [-0.4, -0.2) is 8.07 Å². The molecule has 0 aromatic heterocycles. The Kier molecular flexibility index (Phi) is 7.38. The molecular formula is C23H39NSi. The zero-order valence-corrected chi connectivity index (χ0v) is 19.1. The van der Waals surface area contributed by atoms with Gasteiger partial charge in [-0.15, -0.1) is 5.54 Å². The van der Waals surface area contributed by atoms with Gasteiger partial charge in [-0.25, -0.2) is 0 Å². The summed E-state index contributed by atoms with van der Waals surface area (Å²) in [6, 6.07) is 4.44. The predicted molar refractivity (Wildman–Crippen MR) is 117 cm³/mol. The summed E-state index contributed by atoms with van der Waals surface area (Å²) in [5.41, 5.74) is 16.8. The van der Waals surface area contributed by atoms with Gasteiger partial charge in [0.25, 0.3) is 0 Å². The van der Waals surface area contributed by atoms with Gasteiger partial charge in [-0.05, 0) is 51.7 Å². The average molecular weight is 358 g/mol. The number of hydrogen-bond acceptors (Lipinski definition) is 1. The lowest BCUT2D eigenvalue weighted by Gasteiger charge is -2.38. The third-order valence-electron chi connectivity index (χ3n) is 5.78. The van der Waals surface area contributed by atoms with Crippen LogP contribution in [-0.2, 0) is 0 Å². The van der Waals surface area contributed by atoms with E-state index in [9.17, 15) is 0 Å². The van der Waals surface area contributed by atoms with Crippen LogP contribution in [0.1, 0.15) is 97.8 Å². The highest BCUT2D eigenvalue weighted by Crippen LogP contribution is 2.41. The van der Waals surface area contributed by atoms with Crippen molar-refractivity contribution in [2.45, 2.75) is 97.7 Å². The van der Waals surface area contributed by atoms with E-state index in [0.29, 0.717) is 28.5 Å². The van der Waals surface area contributed by atoms with E-state index in [2.05, 4.69) is 92.8 Å². The monoisotopic (exact) mass is 357 g/mol. The minimum atomic E-state index is -1.71. The summed E-state index contributed by atoms with van der Waals surface area (Å²) in [5.74, 6) is 4.44. The third kappa shape index (κ3) is 4.50. The normalized spacial score (nSPS) is 12.4. The van der Waals surface area contributed by atoms with Crippen molar-refractivity contribution in [2.24, 2.45) is 0 Å². The smallest absolute Gasteiger partial charge is 0.146 e. The molecule has 0 aliphatic rings. The van der Waals surface area contributed by atoms with Crippen LogP contribution in [0.25, 0.3) is 0 Å². The number of rotatable bonds is 5. The molecule has 25 heavy (non-hydrogen) atoms. The zero-order valence-electron chi connectivity index (χ0n) is 18.1. The van der Waals surface area contributed by atoms with E-state index in [1.807, 2.05) is 0 Å². The van der Waals surface area contributed by atoms with Crippen LogP contribution in [0, 0.1) is 11.5 Å². The number of benzene rings is 1. The van der Waals surface area contributed by atoms with E-state index < -0.39 is 8.07 Å². The molecule has 0 saturated carbocycles. The van der Waals surface area contributed by atoms with Gasteiger partial charge in [-0.2, -0.15) is 0 Å². The number of nitrogen functional groups attached to an aromatic ring is 1. The van der Waals surface area contributed by atoms with Crippen molar-refractivity contribution in [1.82, 2.24) is 0 Å². The summed E-state index contributed by atoms with van der Waals surface area (Å²) in [6.07, 6.45) is 0. The van der Waals surface area contributed by atoms with Crippen LogP contribution in [0.4, 0.5) is 5.69 Å². The molecule has 140 valence electrons. The van der Waals surface area contributed by atoms with Crippen LogP contribution >= 0.6 is 0 Å². The Labute approximate surface area is 157 Å². The van der Waals surface area contributed by atoms with Crippen LogP contribution in [0.15, 0.2) is 12.1 Å². The van der Waals surface area contributed by atoms with E-state index >= 15 is 0 Å². The third-order valence-corrected chi connectivity index (χ3v) is 12.1. The first-order chi connectivity index (χ1) is 11.4. The maximum atomic E-state index is 6.44. The van der Waals surface area contributed by atoms with Gasteiger partial charge in [-0.1, -0.05) is 75.2 Å². The highest BCUT2D eigenvalue weighted by molar-refractivity contribution is 6.90. The van der Waals surface area contributed by atoms with Gasteiger partial charge in [0, 0.05) is 11.3 Å². The fraction of sp³-hybridized carbons (Fsp3) is 0.652. The summed E-state index contributed by atoms with van der Waals surface area (Å²) in [7, 11) is -1.71. The predicted octanol–water partition coefficient (Wildman–Crippen LogP) is 7.09. The lowest BCUT2D eigenvalue weighted by atomic mass is 9.91. The van der Waals surface area contributed by atoms with Crippen LogP contribution < -0.4 is 5.73 Å². The molecule has 0 spiro atoms. The Balaban J connectivity index is 3.56. The Morgan fingerprint density at radius 3 is 1.36 bits per heavy atom. The molecule has 0 saturated heterocycles. The molecule has 1 aromatic carbocycles. The molecule has 0 unspecified atom stereocenters. The topological polar surface area (TPSA) is 26.0 Å². The standard InChI is InChI=1S/C23H39NSi/c1-15(2)21-13-20(14-22(16(3)4)23(21)24)11-12-25(17(5)6,18(7)8)19(9)10/h13-19H,24H2,1-10H3. The largest absolute Gasteiger partial charge is 0.398 e. The second-order valence-electron chi connectivity index (χ2n) is 9.02. The van der Waals surface area contributed by atoms with Gasteiger partial charge in [-0.3, -0.25) is 0 Å². The van der Waals surface area contributed by atoms with Gasteiger partial charge < -0.3 is 5.73 Å². The Morgan fingerprint density at radius 1 is 0.720 bits per heavy atom. The fourth-order valence-corrected chi connectivity index (χ4v) is 9.57. The summed E-state index contributed by atoms with van der Waals surface area (Å²) in [6.45, 7) is 23.0. The maximum absolute atomic E-state index is 6.44. The number of nitrogens with two attached hydrogens (primary N) is 1. The molecule has 0 atom stereocenters. The van der Waals surface area contributed by atoms with Gasteiger partial charge in [0.05, 0.1) is 0 Å². The van der Waals surface area contributed by atoms with Crippen LogP contribution in [0.2, 0.25) is 16.6 Å². The molecule has 1 aromatic rings. The van der Waals surface area contributed by atoms with Crippen molar-refractivity contribution in [2.75, 3.05) is 5.73 Å². The molecule has 0 heterocycles. The Hall–Kier alpha value is -1.20. The van der Waals surface area contributed by atoms with Crippen molar-refractivity contribution in [3.05, 3.63) is 28.8 Å². The fourth-order valence-electron chi connectivity index (χ4n) is 4.34. The second-order valence-corrected chi connectivity index (χ2v) is 14.6. The van der Waals surface area contributed by atoms with Gasteiger partial charge >= 0.3 is 0 Å². The van der Waals surface area contributed by atoms with E-state index in [1.54, 1.807) is 0 Å². The molecule has 2 N–H and O–H groups in total. The second kappa shape index (κ2) is 8.45. The first-order valence-corrected chi connectivity index (χ1v) is 12.1. The van der Waals surface area contributed by atoms with E-state index in [-0.39, 0.29) is 0 Å². The SMILES string of the molecule is CC(C)c1cc(C#C[Si](C(C)C)(C(C)C)C(C)C)cc(C(C)C)c1N. The minimum absolute atomic E-state index is 0.418. The average Bonchev–Trinajstić information content (AvgIpc) is 2.47. The maximum Gasteiger partial charge on any atom is 0.146 e. The van der Waals surface area contributed by atoms with Crippen molar-refractivity contribution < 1.29 is 0 Å². The lowest BCUT2D eigenvalue weighted by molar-refractivity contribution is 0.837. The number of anilines is 1. The molecule has 0 radical (unpaired) electrons. The molecule has 0 aliphatic carbocycles. The van der Waals surface area contributed by atoms with Crippen LogP contribution in [0.3, 0.4) is 0 Å². The summed E-state index contributed by atoms with van der Waals surface area (Å²) in [5, 5.41) is 0. The van der Waals surface area contributed by atoms with Gasteiger partial charge in [0.1, 0.15) is 8.07 Å². The molecule has 0 amide bonds.